The van der Waals surface area contributed by atoms with Gasteiger partial charge in [0, 0.05) is 50.9 Å². The maximum absolute atomic E-state index is 12.6. The van der Waals surface area contributed by atoms with Crippen molar-refractivity contribution >= 4 is 17.8 Å². The molecule has 0 saturated carbocycles. The van der Waals surface area contributed by atoms with Crippen LogP contribution in [0.15, 0.2) is 24.3 Å². The minimum Gasteiger partial charge on any atom is -0.339 e. The molecule has 31 heavy (non-hydrogen) atoms. The van der Waals surface area contributed by atoms with Crippen molar-refractivity contribution in [3.05, 3.63) is 35.4 Å². The van der Waals surface area contributed by atoms with E-state index in [4.69, 9.17) is 0 Å². The average molecular weight is 440 g/mol. The van der Waals surface area contributed by atoms with Gasteiger partial charge in [-0.3, -0.25) is 9.59 Å². The van der Waals surface area contributed by atoms with E-state index in [1.807, 2.05) is 31.2 Å². The first-order valence-electron chi connectivity index (χ1n) is 10.4. The number of amides is 4. The molecule has 0 aromatic heterocycles. The summed E-state index contributed by atoms with van der Waals surface area (Å²) in [5.41, 5.74) is 1.73. The van der Waals surface area contributed by atoms with Gasteiger partial charge in [-0.25, -0.2) is 4.79 Å². The lowest BCUT2D eigenvalue weighted by atomic mass is 10.0. The summed E-state index contributed by atoms with van der Waals surface area (Å²) in [5, 5.41) is 2.94. The number of nitrogens with zero attached hydrogens (tertiary/aromatic N) is 3. The topological polar surface area (TPSA) is 73.0 Å². The number of aryl methyl sites for hydroxylation is 1. The van der Waals surface area contributed by atoms with E-state index in [-0.39, 0.29) is 44.2 Å². The second-order valence-corrected chi connectivity index (χ2v) is 8.04. The lowest BCUT2D eigenvalue weighted by Gasteiger charge is -2.37. The average Bonchev–Trinajstić information content (AvgIpc) is 2.73. The number of hydrogen-bond donors (Lipinski definition) is 1. The van der Waals surface area contributed by atoms with Gasteiger partial charge in [0.2, 0.25) is 5.91 Å². The van der Waals surface area contributed by atoms with E-state index in [2.05, 4.69) is 5.32 Å². The highest BCUT2D eigenvalue weighted by Gasteiger charge is 2.35. The fourth-order valence-electron chi connectivity index (χ4n) is 3.81. The predicted molar refractivity (Wildman–Crippen MR) is 107 cm³/mol. The van der Waals surface area contributed by atoms with Crippen LogP contribution < -0.4 is 5.32 Å². The van der Waals surface area contributed by atoms with Crippen molar-refractivity contribution in [3.63, 3.8) is 0 Å². The first-order valence-corrected chi connectivity index (χ1v) is 10.4. The summed E-state index contributed by atoms with van der Waals surface area (Å²) in [5.74, 6) is -0.984. The van der Waals surface area contributed by atoms with E-state index >= 15 is 0 Å². The Hall–Kier alpha value is -2.78. The number of nitrogens with one attached hydrogen (secondary N) is 1. The van der Waals surface area contributed by atoms with E-state index in [0.29, 0.717) is 31.5 Å². The number of urea groups is 1. The van der Waals surface area contributed by atoms with Crippen LogP contribution in [-0.4, -0.2) is 84.0 Å². The summed E-state index contributed by atoms with van der Waals surface area (Å²) in [6.45, 7) is 3.61. The molecule has 0 bridgehead atoms. The Balaban J connectivity index is 1.41. The van der Waals surface area contributed by atoms with Gasteiger partial charge in [-0.1, -0.05) is 17.7 Å². The molecule has 0 atom stereocenters. The van der Waals surface area contributed by atoms with E-state index in [1.165, 1.54) is 4.90 Å². The number of likely N-dealkylation sites (tertiary alicyclic amines) is 1. The monoisotopic (exact) mass is 440 g/mol. The van der Waals surface area contributed by atoms with Gasteiger partial charge in [0.25, 0.3) is 5.91 Å². The van der Waals surface area contributed by atoms with E-state index in [9.17, 15) is 27.6 Å². The van der Waals surface area contributed by atoms with Crippen LogP contribution in [0.25, 0.3) is 0 Å². The highest BCUT2D eigenvalue weighted by molar-refractivity contribution is 5.94. The summed E-state index contributed by atoms with van der Waals surface area (Å²) in [6, 6.07) is 7.06. The minimum absolute atomic E-state index is 0.0237. The van der Waals surface area contributed by atoms with Crippen molar-refractivity contribution < 1.29 is 27.6 Å². The van der Waals surface area contributed by atoms with Crippen molar-refractivity contribution in [2.45, 2.75) is 38.4 Å². The Morgan fingerprint density at radius 2 is 1.45 bits per heavy atom. The Morgan fingerprint density at radius 1 is 0.903 bits per heavy atom. The van der Waals surface area contributed by atoms with E-state index in [0.717, 1.165) is 10.5 Å². The quantitative estimate of drug-likeness (QED) is 0.785. The molecule has 2 heterocycles. The maximum Gasteiger partial charge on any atom is 0.397 e. The van der Waals surface area contributed by atoms with Crippen LogP contribution >= 0.6 is 0 Å². The van der Waals surface area contributed by atoms with Gasteiger partial charge >= 0.3 is 12.2 Å². The third-order valence-corrected chi connectivity index (χ3v) is 5.68. The molecular weight excluding hydrogens is 413 g/mol. The van der Waals surface area contributed by atoms with Gasteiger partial charge in [-0.15, -0.1) is 0 Å². The van der Waals surface area contributed by atoms with Gasteiger partial charge in [-0.2, -0.15) is 13.2 Å². The van der Waals surface area contributed by atoms with Crippen LogP contribution in [0.2, 0.25) is 0 Å². The molecule has 0 unspecified atom stereocenters. The molecular formula is C21H27F3N4O3. The van der Waals surface area contributed by atoms with Gasteiger partial charge < -0.3 is 20.0 Å². The van der Waals surface area contributed by atoms with Crippen molar-refractivity contribution in [3.8, 4) is 0 Å². The maximum atomic E-state index is 12.6. The Morgan fingerprint density at radius 3 is 2.00 bits per heavy atom. The van der Waals surface area contributed by atoms with Crippen LogP contribution in [0, 0.1) is 6.92 Å². The fraction of sp³-hybridized carbons (Fsp3) is 0.571. The second-order valence-electron chi connectivity index (χ2n) is 8.04. The highest BCUT2D eigenvalue weighted by atomic mass is 19.4. The molecule has 7 nitrogen and oxygen atoms in total. The number of benzene rings is 1. The Labute approximate surface area is 179 Å². The number of hydrogen-bond acceptors (Lipinski definition) is 3. The number of piperazine rings is 1. The number of carbonyl (C=O) groups excluding carboxylic acids is 3. The first-order chi connectivity index (χ1) is 14.6. The lowest BCUT2D eigenvalue weighted by molar-refractivity contribution is -0.162. The van der Waals surface area contributed by atoms with Crippen molar-refractivity contribution in [2.75, 3.05) is 39.3 Å². The molecule has 170 valence electrons. The van der Waals surface area contributed by atoms with E-state index < -0.39 is 18.5 Å². The predicted octanol–water partition coefficient (Wildman–Crippen LogP) is 2.41. The number of carbonyl (C=O) groups is 3. The molecule has 2 fully saturated rings. The smallest absolute Gasteiger partial charge is 0.339 e. The third-order valence-electron chi connectivity index (χ3n) is 5.68. The molecule has 1 aromatic rings. The largest absolute Gasteiger partial charge is 0.397 e. The van der Waals surface area contributed by atoms with Gasteiger partial charge in [0.05, 0.1) is 0 Å². The summed E-state index contributed by atoms with van der Waals surface area (Å²) >= 11 is 0. The number of halogens is 3. The van der Waals surface area contributed by atoms with Gasteiger partial charge in [0.15, 0.2) is 0 Å². The van der Waals surface area contributed by atoms with Crippen LogP contribution in [0.3, 0.4) is 0 Å². The molecule has 1 aromatic carbocycles. The molecule has 4 amide bonds. The zero-order valence-electron chi connectivity index (χ0n) is 17.5. The number of alkyl halides is 3. The zero-order valence-corrected chi connectivity index (χ0v) is 17.5. The van der Waals surface area contributed by atoms with E-state index in [1.54, 1.807) is 4.90 Å². The normalized spacial score (nSPS) is 18.1. The second kappa shape index (κ2) is 9.57. The zero-order chi connectivity index (χ0) is 22.6. The van der Waals surface area contributed by atoms with Crippen molar-refractivity contribution in [2.24, 2.45) is 0 Å². The lowest BCUT2D eigenvalue weighted by Crippen LogP contribution is -2.56. The van der Waals surface area contributed by atoms with Crippen LogP contribution in [0.4, 0.5) is 18.0 Å². The summed E-state index contributed by atoms with van der Waals surface area (Å²) in [7, 11) is 0. The van der Waals surface area contributed by atoms with Crippen LogP contribution in [0.1, 0.15) is 35.2 Å². The fourth-order valence-corrected chi connectivity index (χ4v) is 3.81. The number of rotatable bonds is 3. The first kappa shape index (κ1) is 22.9. The minimum atomic E-state index is -4.53. The third kappa shape index (κ3) is 6.35. The van der Waals surface area contributed by atoms with Crippen LogP contribution in [0.5, 0.6) is 0 Å². The standard InChI is InChI=1S/C21H27F3N4O3/c1-15-2-4-16(5-3-15)19(30)27-8-6-17(7-9-27)25-20(31)28-12-10-26(11-13-28)18(29)14-21(22,23)24/h2-5,17H,6-14H2,1H3,(H,25,31). The summed E-state index contributed by atoms with van der Waals surface area (Å²) < 4.78 is 37.1. The Bertz CT molecular complexity index is 797. The molecule has 2 aliphatic heterocycles. The molecule has 2 saturated heterocycles. The van der Waals surface area contributed by atoms with Gasteiger partial charge in [-0.05, 0) is 31.9 Å². The molecule has 10 heteroatoms. The van der Waals surface area contributed by atoms with Gasteiger partial charge in [0.1, 0.15) is 6.42 Å². The summed E-state index contributed by atoms with van der Waals surface area (Å²) in [4.78, 5) is 41.2. The van der Waals surface area contributed by atoms with Crippen LogP contribution in [-0.2, 0) is 4.79 Å². The SMILES string of the molecule is Cc1ccc(C(=O)N2CCC(NC(=O)N3CCN(C(=O)CC(F)(F)F)CC3)CC2)cc1. The molecule has 3 rings (SSSR count). The molecule has 0 spiro atoms. The molecule has 2 aliphatic rings. The summed E-state index contributed by atoms with van der Waals surface area (Å²) in [6.07, 6.45) is -4.73. The highest BCUT2D eigenvalue weighted by Crippen LogP contribution is 2.21. The molecule has 1 N–H and O–H groups in total. The van der Waals surface area contributed by atoms with Crippen molar-refractivity contribution in [1.82, 2.24) is 20.0 Å². The molecule has 0 radical (unpaired) electrons. The molecule has 0 aliphatic carbocycles. The Kier molecular flexibility index (Phi) is 7.07. The number of piperidine rings is 1. The van der Waals surface area contributed by atoms with Crippen molar-refractivity contribution in [1.29, 1.82) is 0 Å².